The van der Waals surface area contributed by atoms with Gasteiger partial charge in [0.25, 0.3) is 0 Å². The first-order chi connectivity index (χ1) is 8.81. The van der Waals surface area contributed by atoms with Gasteiger partial charge in [0.1, 0.15) is 0 Å². The third-order valence-electron chi connectivity index (χ3n) is 2.83. The van der Waals surface area contributed by atoms with Crippen LogP contribution in [0, 0.1) is 6.92 Å². The fourth-order valence-corrected chi connectivity index (χ4v) is 1.66. The normalized spacial score (nSPS) is 8.95. The summed E-state index contributed by atoms with van der Waals surface area (Å²) in [4.78, 5) is 4.15. The van der Waals surface area contributed by atoms with Crippen molar-refractivity contribution in [3.05, 3.63) is 29.6 Å². The Balaban J connectivity index is 0.000000342. The van der Waals surface area contributed by atoms with Gasteiger partial charge in [0, 0.05) is 83.9 Å². The highest BCUT2D eigenvalue weighted by atomic mass is 14.7. The zero-order valence-electron chi connectivity index (χ0n) is 11.7. The second kappa shape index (κ2) is 9.66. The second-order valence-corrected chi connectivity index (χ2v) is 4.41. The minimum absolute atomic E-state index is 0.444. The lowest BCUT2D eigenvalue weighted by Gasteiger charge is -2.23. The number of hydrogen-bond acceptors (Lipinski definition) is 1. The predicted octanol–water partition coefficient (Wildman–Crippen LogP) is -1.86. The van der Waals surface area contributed by atoms with Gasteiger partial charge in [0.05, 0.1) is 0 Å². The molecule has 0 amide bonds. The Hall–Kier alpha value is -0.201. The fraction of sp³-hybridized carbons (Fsp3) is 0.375. The van der Waals surface area contributed by atoms with E-state index in [1.165, 1.54) is 5.56 Å². The first-order valence-electron chi connectivity index (χ1n) is 6.25. The summed E-state index contributed by atoms with van der Waals surface area (Å²) < 4.78 is 0. The van der Waals surface area contributed by atoms with Gasteiger partial charge >= 0.3 is 0 Å². The Labute approximate surface area is 127 Å². The zero-order chi connectivity index (χ0) is 15.0. The molecule has 0 aliphatic rings. The van der Waals surface area contributed by atoms with Crippen molar-refractivity contribution in [1.82, 2.24) is 4.98 Å². The van der Waals surface area contributed by atoms with E-state index < -0.39 is 25.5 Å². The summed E-state index contributed by atoms with van der Waals surface area (Å²) in [5.41, 5.74) is 2.50. The summed E-state index contributed by atoms with van der Waals surface area (Å²) in [6, 6.07) is 4.09. The number of hydrogen-bond donors (Lipinski definition) is 0. The van der Waals surface area contributed by atoms with E-state index in [1.807, 2.05) is 19.2 Å². The van der Waals surface area contributed by atoms with Gasteiger partial charge in [-0.25, -0.2) is 0 Å². The fourth-order valence-electron chi connectivity index (χ4n) is 1.66. The monoisotopic (exact) mass is 231 g/mol. The van der Waals surface area contributed by atoms with Crippen LogP contribution in [0.3, 0.4) is 0 Å². The molecule has 1 aromatic heterocycles. The van der Waals surface area contributed by atoms with E-state index >= 15 is 0 Å². The van der Waals surface area contributed by atoms with Crippen LogP contribution in [-0.4, -0.2) is 76.9 Å². The third kappa shape index (κ3) is 7.22. The van der Waals surface area contributed by atoms with Crippen LogP contribution in [-0.2, 0) is 6.42 Å². The molecule has 0 fully saturated rings. The summed E-state index contributed by atoms with van der Waals surface area (Å²) in [5, 5.41) is 0. The molecule has 19 heavy (non-hydrogen) atoms. The largest absolute Gasteiger partial charge is 0.261 e. The molecule has 11 heteroatoms. The molecule has 0 bridgehead atoms. The highest BCUT2D eigenvalue weighted by Gasteiger charge is 2.24. The standard InChI is InChI=1S/C8H11N.B10/c1-3-8-5-4-6-9-7(8)2;1-7(2)10(8(3)4)9(5)6/h4-6H,3H2,1-2H3;. The van der Waals surface area contributed by atoms with Crippen LogP contribution in [0.1, 0.15) is 18.2 Å². The minimum Gasteiger partial charge on any atom is -0.261 e. The number of pyridine rings is 1. The molecule has 1 rings (SSSR count). The summed E-state index contributed by atoms with van der Waals surface area (Å²) in [5.74, 6) is 0. The van der Waals surface area contributed by atoms with E-state index in [0.717, 1.165) is 12.1 Å². The molecular formula is C8H11B10N. The van der Waals surface area contributed by atoms with Crippen LogP contribution in [0.15, 0.2) is 18.3 Å². The van der Waals surface area contributed by atoms with Crippen molar-refractivity contribution in [2.45, 2.75) is 20.3 Å². The number of aryl methyl sites for hydroxylation is 2. The van der Waals surface area contributed by atoms with Crippen molar-refractivity contribution >= 4 is 72.0 Å². The molecular weight excluding hydrogens is 218 g/mol. The van der Waals surface area contributed by atoms with E-state index in [4.69, 9.17) is 46.4 Å². The molecule has 0 aliphatic heterocycles. The molecule has 1 nitrogen and oxygen atoms in total. The summed E-state index contributed by atoms with van der Waals surface area (Å²) in [7, 11) is 31.8. The lowest BCUT2D eigenvalue weighted by atomic mass is 8.58. The van der Waals surface area contributed by atoms with E-state index in [-0.39, 0.29) is 0 Å². The molecule has 0 N–H and O–H groups in total. The molecule has 0 atom stereocenters. The van der Waals surface area contributed by atoms with Gasteiger partial charge in [0.2, 0.25) is 0 Å². The Kier molecular flexibility index (Phi) is 9.56. The van der Waals surface area contributed by atoms with Crippen molar-refractivity contribution in [1.29, 1.82) is 0 Å². The van der Waals surface area contributed by atoms with Crippen LogP contribution in [0.25, 0.3) is 0 Å². The van der Waals surface area contributed by atoms with Crippen molar-refractivity contribution in [3.8, 4) is 0 Å². The highest BCUT2D eigenvalue weighted by molar-refractivity contribution is 8.00. The minimum atomic E-state index is -0.667. The van der Waals surface area contributed by atoms with Crippen LogP contribution in [0.4, 0.5) is 0 Å². The van der Waals surface area contributed by atoms with Gasteiger partial charge in [-0.15, -0.1) is 0 Å². The molecule has 0 aromatic carbocycles. The van der Waals surface area contributed by atoms with Gasteiger partial charge in [0.15, 0.2) is 0 Å². The number of rotatable bonds is 4. The highest BCUT2D eigenvalue weighted by Crippen LogP contribution is 2.02. The van der Waals surface area contributed by atoms with Crippen molar-refractivity contribution < 1.29 is 0 Å². The Bertz CT molecular complexity index is 338. The first kappa shape index (κ1) is 18.8. The van der Waals surface area contributed by atoms with Gasteiger partial charge in [-0.1, -0.05) is 13.0 Å². The zero-order valence-corrected chi connectivity index (χ0v) is 11.7. The van der Waals surface area contributed by atoms with Gasteiger partial charge < -0.3 is 0 Å². The summed E-state index contributed by atoms with van der Waals surface area (Å²) in [6.07, 6.45) is 0.466. The summed E-state index contributed by atoms with van der Waals surface area (Å²) in [6.45, 7) is 4.18. The first-order valence-corrected chi connectivity index (χ1v) is 6.25. The molecule has 0 spiro atoms. The van der Waals surface area contributed by atoms with Gasteiger partial charge in [-0.2, -0.15) is 0 Å². The van der Waals surface area contributed by atoms with E-state index in [1.54, 1.807) is 0 Å². The van der Waals surface area contributed by atoms with Crippen molar-refractivity contribution in [2.75, 3.05) is 0 Å². The second-order valence-electron chi connectivity index (χ2n) is 4.41. The molecule has 0 aliphatic carbocycles. The van der Waals surface area contributed by atoms with E-state index in [2.05, 4.69) is 18.0 Å². The Morgan fingerprint density at radius 2 is 1.47 bits per heavy atom. The third-order valence-corrected chi connectivity index (χ3v) is 2.83. The quantitative estimate of drug-likeness (QED) is 0.552. The van der Waals surface area contributed by atoms with Crippen molar-refractivity contribution in [3.63, 3.8) is 0 Å². The van der Waals surface area contributed by atoms with Crippen LogP contribution in [0.2, 0.25) is 0 Å². The SMILES string of the molecule is CCc1cccnc1C.[B]B([B])B(B([B])[B])B([B])[B]. The average Bonchev–Trinajstić information content (AvgIpc) is 2.28. The van der Waals surface area contributed by atoms with Crippen LogP contribution in [0.5, 0.6) is 0 Å². The van der Waals surface area contributed by atoms with E-state index in [9.17, 15) is 0 Å². The molecule has 1 aromatic rings. The summed E-state index contributed by atoms with van der Waals surface area (Å²) >= 11 is 0. The molecule has 0 saturated heterocycles. The maximum absolute atomic E-state index is 5.30. The molecule has 1 heterocycles. The maximum atomic E-state index is 5.30. The molecule has 12 radical (unpaired) electrons. The van der Waals surface area contributed by atoms with E-state index in [0.29, 0.717) is 0 Å². The molecule has 0 saturated carbocycles. The van der Waals surface area contributed by atoms with Crippen LogP contribution < -0.4 is 0 Å². The molecule has 78 valence electrons. The Morgan fingerprint density at radius 1 is 1.00 bits per heavy atom. The van der Waals surface area contributed by atoms with Crippen molar-refractivity contribution in [2.24, 2.45) is 0 Å². The molecule has 0 unspecified atom stereocenters. The predicted molar refractivity (Wildman–Crippen MR) is 95.9 cm³/mol. The topological polar surface area (TPSA) is 12.9 Å². The Morgan fingerprint density at radius 3 is 1.68 bits per heavy atom. The number of aromatic nitrogens is 1. The van der Waals surface area contributed by atoms with Gasteiger partial charge in [-0.3, -0.25) is 4.98 Å². The van der Waals surface area contributed by atoms with Gasteiger partial charge in [-0.05, 0) is 25.0 Å². The van der Waals surface area contributed by atoms with Crippen LogP contribution >= 0.6 is 0 Å². The maximum Gasteiger partial charge on any atom is 0.0404 e. The number of nitrogens with zero attached hydrogens (tertiary/aromatic N) is 1. The lowest BCUT2D eigenvalue weighted by Crippen LogP contribution is -2.62. The average molecular weight is 229 g/mol. The lowest BCUT2D eigenvalue weighted by molar-refractivity contribution is 1.05. The smallest absolute Gasteiger partial charge is 0.0404 e.